The summed E-state index contributed by atoms with van der Waals surface area (Å²) in [5, 5.41) is 28.3. The summed E-state index contributed by atoms with van der Waals surface area (Å²) in [6, 6.07) is 0. The maximum atomic E-state index is 9.90. The van der Waals surface area contributed by atoms with Crippen LogP contribution in [0.1, 0.15) is 13.3 Å². The molecule has 0 aliphatic rings. The van der Waals surface area contributed by atoms with Gasteiger partial charge in [-0.1, -0.05) is 0 Å². The summed E-state index contributed by atoms with van der Waals surface area (Å²) in [5.41, 5.74) is -2.33. The van der Waals surface area contributed by atoms with E-state index in [2.05, 4.69) is 0 Å². The smallest absolute Gasteiger partial charge is 0.106 e. The molecule has 58 valence electrons. The number of carbonyl (C=O) groups excluding carboxylic acids is 2. The van der Waals surface area contributed by atoms with Crippen LogP contribution in [0.4, 0.5) is 0 Å². The van der Waals surface area contributed by atoms with Gasteiger partial charge < -0.3 is 24.9 Å². The molecule has 0 heterocycles. The zero-order valence-corrected chi connectivity index (χ0v) is 5.29. The molecule has 5 nitrogen and oxygen atoms in total. The third-order valence-electron chi connectivity index (χ3n) is 0.928. The van der Waals surface area contributed by atoms with Gasteiger partial charge >= 0.3 is 0 Å². The minimum absolute atomic E-state index is 0.831. The molecule has 0 spiro atoms. The lowest BCUT2D eigenvalue weighted by molar-refractivity contribution is -0.332. The highest BCUT2D eigenvalue weighted by molar-refractivity contribution is 5.80. The van der Waals surface area contributed by atoms with Crippen LogP contribution in [0.5, 0.6) is 0 Å². The van der Waals surface area contributed by atoms with Gasteiger partial charge in [0.2, 0.25) is 0 Å². The van der Waals surface area contributed by atoms with Gasteiger partial charge in [0, 0.05) is 12.4 Å². The molecule has 1 unspecified atom stereocenters. The topological polar surface area (TPSA) is 100 Å². The first-order chi connectivity index (χ1) is 4.36. The first-order valence-electron chi connectivity index (χ1n) is 2.50. The van der Waals surface area contributed by atoms with Crippen molar-refractivity contribution >= 4 is 11.9 Å². The van der Waals surface area contributed by atoms with Crippen molar-refractivity contribution in [3.05, 3.63) is 0 Å². The molecule has 0 aromatic carbocycles. The molecule has 0 fully saturated rings. The lowest BCUT2D eigenvalue weighted by atomic mass is 10.0. The fourth-order valence-corrected chi connectivity index (χ4v) is 0.353. The second-order valence-electron chi connectivity index (χ2n) is 2.11. The molecule has 0 aromatic rings. The Balaban J connectivity index is 4.13. The molecular formula is C5H6O5-2. The highest BCUT2D eigenvalue weighted by Gasteiger charge is 2.21. The Morgan fingerprint density at radius 2 is 1.90 bits per heavy atom. The summed E-state index contributed by atoms with van der Waals surface area (Å²) < 4.78 is 0. The Kier molecular flexibility index (Phi) is 2.36. The Morgan fingerprint density at radius 1 is 1.50 bits per heavy atom. The average molecular weight is 146 g/mol. The standard InChI is InChI=1S/C5H8O5/c1-5(10,4(8)9)2-3(6)7/h10H,2H2,1H3,(H,6,7)(H,8,9)/p-2. The molecule has 0 radical (unpaired) electrons. The molecule has 0 aliphatic carbocycles. The van der Waals surface area contributed by atoms with E-state index in [4.69, 9.17) is 5.11 Å². The fourth-order valence-electron chi connectivity index (χ4n) is 0.353. The predicted octanol–water partition coefficient (Wildman–Crippen LogP) is -3.37. The summed E-state index contributed by atoms with van der Waals surface area (Å²) in [6.07, 6.45) is -0.963. The Bertz CT molecular complexity index is 159. The molecule has 5 heteroatoms. The maximum Gasteiger partial charge on any atom is 0.106 e. The van der Waals surface area contributed by atoms with Gasteiger partial charge in [-0.15, -0.1) is 0 Å². The Hall–Kier alpha value is -1.10. The highest BCUT2D eigenvalue weighted by atomic mass is 16.4. The van der Waals surface area contributed by atoms with Crippen LogP contribution in [-0.4, -0.2) is 22.6 Å². The summed E-state index contributed by atoms with van der Waals surface area (Å²) >= 11 is 0. The maximum absolute atomic E-state index is 9.90. The fraction of sp³-hybridized carbons (Fsp3) is 0.600. The average Bonchev–Trinajstić information content (AvgIpc) is 1.60. The third-order valence-corrected chi connectivity index (χ3v) is 0.928. The van der Waals surface area contributed by atoms with E-state index in [9.17, 15) is 19.8 Å². The van der Waals surface area contributed by atoms with Crippen LogP contribution in [0.15, 0.2) is 0 Å². The first kappa shape index (κ1) is 8.90. The first-order valence-corrected chi connectivity index (χ1v) is 2.50. The van der Waals surface area contributed by atoms with E-state index in [1.807, 2.05) is 0 Å². The molecule has 0 saturated heterocycles. The van der Waals surface area contributed by atoms with E-state index in [0.717, 1.165) is 6.92 Å². The van der Waals surface area contributed by atoms with Crippen molar-refractivity contribution in [3.8, 4) is 0 Å². The van der Waals surface area contributed by atoms with E-state index >= 15 is 0 Å². The zero-order chi connectivity index (χ0) is 8.36. The lowest BCUT2D eigenvalue weighted by Crippen LogP contribution is -2.49. The highest BCUT2D eigenvalue weighted by Crippen LogP contribution is 2.05. The van der Waals surface area contributed by atoms with Gasteiger partial charge in [0.25, 0.3) is 0 Å². The number of rotatable bonds is 3. The lowest BCUT2D eigenvalue weighted by Gasteiger charge is -2.24. The van der Waals surface area contributed by atoms with Crippen molar-refractivity contribution < 1.29 is 24.9 Å². The van der Waals surface area contributed by atoms with Crippen molar-refractivity contribution in [3.63, 3.8) is 0 Å². The van der Waals surface area contributed by atoms with E-state index in [1.165, 1.54) is 0 Å². The molecule has 10 heavy (non-hydrogen) atoms. The molecule has 0 amide bonds. The molecule has 0 saturated carbocycles. The molecular weight excluding hydrogens is 140 g/mol. The Morgan fingerprint density at radius 3 is 2.00 bits per heavy atom. The van der Waals surface area contributed by atoms with Gasteiger partial charge in [-0.3, -0.25) is 0 Å². The molecule has 0 bridgehead atoms. The van der Waals surface area contributed by atoms with E-state index < -0.39 is 24.0 Å². The van der Waals surface area contributed by atoms with Crippen molar-refractivity contribution in [2.45, 2.75) is 18.9 Å². The molecule has 1 N–H and O–H groups in total. The van der Waals surface area contributed by atoms with Crippen LogP contribution >= 0.6 is 0 Å². The quantitative estimate of drug-likeness (QED) is 0.447. The number of carbonyl (C=O) groups is 2. The van der Waals surface area contributed by atoms with Crippen LogP contribution in [0.25, 0.3) is 0 Å². The largest absolute Gasteiger partial charge is 0.550 e. The van der Waals surface area contributed by atoms with Crippen LogP contribution < -0.4 is 10.2 Å². The van der Waals surface area contributed by atoms with Gasteiger partial charge in [-0.2, -0.15) is 0 Å². The number of aliphatic carboxylic acids is 2. The molecule has 0 rings (SSSR count). The van der Waals surface area contributed by atoms with Gasteiger partial charge in [-0.05, 0) is 6.92 Å². The van der Waals surface area contributed by atoms with Crippen molar-refractivity contribution in [1.82, 2.24) is 0 Å². The zero-order valence-electron chi connectivity index (χ0n) is 5.29. The summed E-state index contributed by atoms with van der Waals surface area (Å²) in [7, 11) is 0. The van der Waals surface area contributed by atoms with E-state index in [1.54, 1.807) is 0 Å². The van der Waals surface area contributed by atoms with Gasteiger partial charge in [0.15, 0.2) is 0 Å². The minimum Gasteiger partial charge on any atom is -0.550 e. The molecule has 0 aliphatic heterocycles. The number of aliphatic hydroxyl groups is 1. The van der Waals surface area contributed by atoms with Crippen LogP contribution in [0, 0.1) is 0 Å². The Labute approximate surface area is 56.9 Å². The molecule has 0 aromatic heterocycles. The van der Waals surface area contributed by atoms with Gasteiger partial charge in [0.05, 0.1) is 5.97 Å². The second-order valence-corrected chi connectivity index (χ2v) is 2.11. The number of carboxylic acid groups (broad SMARTS) is 2. The van der Waals surface area contributed by atoms with E-state index in [0.29, 0.717) is 0 Å². The van der Waals surface area contributed by atoms with E-state index in [-0.39, 0.29) is 0 Å². The normalized spacial score (nSPS) is 15.8. The van der Waals surface area contributed by atoms with Gasteiger partial charge in [-0.25, -0.2) is 0 Å². The second kappa shape index (κ2) is 2.66. The predicted molar refractivity (Wildman–Crippen MR) is 25.3 cm³/mol. The number of hydrogen-bond donors (Lipinski definition) is 1. The minimum atomic E-state index is -2.33. The molecule has 1 atom stereocenters. The summed E-state index contributed by atoms with van der Waals surface area (Å²) in [5.74, 6) is -3.45. The summed E-state index contributed by atoms with van der Waals surface area (Å²) in [6.45, 7) is 0.831. The number of carboxylic acids is 2. The van der Waals surface area contributed by atoms with Crippen LogP contribution in [0.3, 0.4) is 0 Å². The SMILES string of the molecule is CC(O)(CC(=O)[O-])C(=O)[O-]. The third kappa shape index (κ3) is 2.45. The van der Waals surface area contributed by atoms with Crippen LogP contribution in [-0.2, 0) is 9.59 Å². The summed E-state index contributed by atoms with van der Waals surface area (Å²) in [4.78, 5) is 19.7. The van der Waals surface area contributed by atoms with Gasteiger partial charge in [0.1, 0.15) is 5.60 Å². The van der Waals surface area contributed by atoms with Crippen molar-refractivity contribution in [2.24, 2.45) is 0 Å². The number of hydrogen-bond acceptors (Lipinski definition) is 5. The van der Waals surface area contributed by atoms with Crippen molar-refractivity contribution in [1.29, 1.82) is 0 Å². The van der Waals surface area contributed by atoms with Crippen molar-refractivity contribution in [2.75, 3.05) is 0 Å². The monoisotopic (exact) mass is 146 g/mol. The van der Waals surface area contributed by atoms with Crippen LogP contribution in [0.2, 0.25) is 0 Å².